The lowest BCUT2D eigenvalue weighted by molar-refractivity contribution is -0.157. The monoisotopic (exact) mass is 810 g/mol. The molecule has 7 atom stereocenters. The Balaban J connectivity index is 1.18. The van der Waals surface area contributed by atoms with Crippen molar-refractivity contribution in [1.29, 1.82) is 0 Å². The lowest BCUT2D eigenvalue weighted by Crippen LogP contribution is -2.59. The van der Waals surface area contributed by atoms with Gasteiger partial charge >= 0.3 is 12.1 Å². The number of likely N-dealkylation sites (tertiary alicyclic amines) is 2. The highest BCUT2D eigenvalue weighted by Crippen LogP contribution is 2.45. The van der Waals surface area contributed by atoms with Gasteiger partial charge in [0.15, 0.2) is 0 Å². The number of morpholine rings is 1. The maximum Gasteiger partial charge on any atom is 0.408 e. The van der Waals surface area contributed by atoms with Crippen LogP contribution in [0.4, 0.5) is 4.79 Å². The number of sulfonamides is 1. The third-order valence-electron chi connectivity index (χ3n) is 10.8. The highest BCUT2D eigenvalue weighted by molar-refractivity contribution is 7.91. The average molecular weight is 811 g/mol. The first-order valence-electron chi connectivity index (χ1n) is 18.8. The van der Waals surface area contributed by atoms with Gasteiger partial charge in [0, 0.05) is 30.3 Å². The number of methoxy groups -OCH3 is 1. The number of rotatable bonds is 13. The molecule has 0 spiro atoms. The zero-order chi connectivity index (χ0) is 41.0. The molecule has 3 saturated heterocycles. The summed E-state index contributed by atoms with van der Waals surface area (Å²) in [5.41, 5.74) is -2.63. The number of esters is 1. The average Bonchev–Trinajstić information content (AvgIpc) is 4.00. The highest BCUT2D eigenvalue weighted by Gasteiger charge is 2.62. The Hall–Kier alpha value is -5.46. The fourth-order valence-electron chi connectivity index (χ4n) is 7.67. The molecule has 57 heavy (non-hydrogen) atoms. The molecule has 3 N–H and O–H groups in total. The van der Waals surface area contributed by atoms with Crippen LogP contribution in [0.15, 0.2) is 43.1 Å². The molecule has 0 radical (unpaired) electrons. The van der Waals surface area contributed by atoms with Gasteiger partial charge in [-0.25, -0.2) is 23.0 Å². The second-order valence-electron chi connectivity index (χ2n) is 16.1. The third-order valence-corrected chi connectivity index (χ3v) is 12.6. The number of hydrogen-bond acceptors (Lipinski definition) is 13. The number of hydrogen-bond donors (Lipinski definition) is 3. The minimum Gasteiger partial charge on any atom is -0.497 e. The van der Waals surface area contributed by atoms with Crippen molar-refractivity contribution >= 4 is 56.5 Å². The van der Waals surface area contributed by atoms with Crippen molar-refractivity contribution in [3.05, 3.63) is 43.1 Å². The second-order valence-corrected chi connectivity index (χ2v) is 18.1. The lowest BCUT2D eigenvalue weighted by atomic mass is 10.1. The third kappa shape index (κ3) is 8.20. The molecule has 18 nitrogen and oxygen atoms in total. The molecule has 1 unspecified atom stereocenters. The van der Waals surface area contributed by atoms with E-state index in [0.717, 1.165) is 10.3 Å². The van der Waals surface area contributed by atoms with Crippen LogP contribution in [0.1, 0.15) is 59.3 Å². The molecular weight excluding hydrogens is 765 g/mol. The molecule has 7 rings (SSSR count). The summed E-state index contributed by atoms with van der Waals surface area (Å²) >= 11 is 0. The number of benzene rings is 1. The van der Waals surface area contributed by atoms with Crippen LogP contribution in [0.5, 0.6) is 11.6 Å². The fraction of sp³-hybridized carbons (Fsp3) is 0.553. The molecule has 1 aromatic heterocycles. The van der Waals surface area contributed by atoms with Crippen molar-refractivity contribution in [2.24, 2.45) is 5.92 Å². The van der Waals surface area contributed by atoms with Crippen LogP contribution < -0.4 is 24.8 Å². The van der Waals surface area contributed by atoms with E-state index in [-0.39, 0.29) is 31.8 Å². The van der Waals surface area contributed by atoms with Gasteiger partial charge in [0.2, 0.25) is 33.6 Å². The van der Waals surface area contributed by atoms with Crippen LogP contribution in [0, 0.1) is 5.92 Å². The van der Waals surface area contributed by atoms with Crippen molar-refractivity contribution in [3.8, 4) is 11.6 Å². The Morgan fingerprint density at radius 1 is 1.11 bits per heavy atom. The van der Waals surface area contributed by atoms with E-state index in [0.29, 0.717) is 30.4 Å². The maximum absolute atomic E-state index is 14.7. The van der Waals surface area contributed by atoms with Gasteiger partial charge in [-0.05, 0) is 69.7 Å². The number of carbonyl (C=O) groups is 6. The smallest absolute Gasteiger partial charge is 0.408 e. The first-order valence-corrected chi connectivity index (χ1v) is 20.4. The van der Waals surface area contributed by atoms with Crippen molar-refractivity contribution in [2.45, 2.75) is 106 Å². The Morgan fingerprint density at radius 3 is 2.49 bits per heavy atom. The lowest BCUT2D eigenvalue weighted by Gasteiger charge is -2.31. The number of alkyl carbamates (subject to hydrolysis) is 1. The summed E-state index contributed by atoms with van der Waals surface area (Å²) in [6, 6.07) is 3.32. The van der Waals surface area contributed by atoms with Gasteiger partial charge in [0.05, 0.1) is 31.9 Å². The van der Waals surface area contributed by atoms with E-state index in [1.54, 1.807) is 45.0 Å². The van der Waals surface area contributed by atoms with Gasteiger partial charge < -0.3 is 39.4 Å². The summed E-state index contributed by atoms with van der Waals surface area (Å²) in [4.78, 5) is 88.6. The quantitative estimate of drug-likeness (QED) is 0.190. The summed E-state index contributed by atoms with van der Waals surface area (Å²) in [5, 5.41) is 5.89. The van der Waals surface area contributed by atoms with Gasteiger partial charge in [-0.1, -0.05) is 6.08 Å². The minimum atomic E-state index is -3.97. The van der Waals surface area contributed by atoms with Crippen molar-refractivity contribution in [3.63, 3.8) is 0 Å². The zero-order valence-corrected chi connectivity index (χ0v) is 32.8. The molecule has 5 fully saturated rings. The van der Waals surface area contributed by atoms with Crippen molar-refractivity contribution in [2.75, 3.05) is 20.2 Å². The number of carbonyl (C=O) groups excluding carboxylic acids is 6. The van der Waals surface area contributed by atoms with Crippen LogP contribution in [-0.2, 0) is 43.5 Å². The van der Waals surface area contributed by atoms with E-state index in [2.05, 4.69) is 26.9 Å². The predicted molar refractivity (Wildman–Crippen MR) is 200 cm³/mol. The molecule has 5 aliphatic rings. The molecule has 2 aliphatic carbocycles. The standard InChI is InChI=1S/C38H46N6O12S/c1-6-21-17-38(21,35(49)42-57(51,52)25-8-9-25)41-31(46)28-14-23(54-32-26-10-7-22(53-5)13-20(26)11-12-39-32)19-44(28)33(47)27(40-36(50)56-37(2,3)4)16-30(45)43-18-24-15-29(43)34(48)55-24/h6-7,10-13,21,23-25,27-29H,1,8-9,14-19H2,2-5H3,(H,40,50)(H,41,46)(H,42,49)/t21-,23?,24-,27+,28+,29-,38-/m1/s1. The van der Waals surface area contributed by atoms with Gasteiger partial charge in [-0.2, -0.15) is 0 Å². The zero-order valence-electron chi connectivity index (χ0n) is 32.0. The molecule has 2 saturated carbocycles. The highest BCUT2D eigenvalue weighted by atomic mass is 32.2. The number of pyridine rings is 1. The van der Waals surface area contributed by atoms with E-state index < -0.39 is 105 Å². The second kappa shape index (κ2) is 14.8. The molecule has 4 heterocycles. The number of aromatic nitrogens is 1. The Bertz CT molecular complexity index is 2140. The molecule has 3 aliphatic heterocycles. The topological polar surface area (TPSA) is 229 Å². The van der Waals surface area contributed by atoms with Crippen LogP contribution in [0.3, 0.4) is 0 Å². The molecular formula is C38H46N6O12S. The van der Waals surface area contributed by atoms with Gasteiger partial charge in [-0.15, -0.1) is 6.58 Å². The molecule has 2 aromatic rings. The molecule has 2 bridgehead atoms. The van der Waals surface area contributed by atoms with E-state index in [4.69, 9.17) is 18.9 Å². The van der Waals surface area contributed by atoms with Gasteiger partial charge in [0.25, 0.3) is 5.91 Å². The fourth-order valence-corrected chi connectivity index (χ4v) is 9.03. The number of nitrogens with one attached hydrogen (secondary N) is 3. The van der Waals surface area contributed by atoms with Crippen LogP contribution in [0.2, 0.25) is 0 Å². The molecule has 5 amide bonds. The van der Waals surface area contributed by atoms with Crippen LogP contribution in [-0.4, -0.2) is 126 Å². The van der Waals surface area contributed by atoms with Crippen LogP contribution >= 0.6 is 0 Å². The Kier molecular flexibility index (Phi) is 10.3. The first-order chi connectivity index (χ1) is 26.9. The van der Waals surface area contributed by atoms with E-state index >= 15 is 0 Å². The van der Waals surface area contributed by atoms with E-state index in [1.807, 2.05) is 0 Å². The largest absolute Gasteiger partial charge is 0.497 e. The first kappa shape index (κ1) is 39.8. The summed E-state index contributed by atoms with van der Waals surface area (Å²) in [6.45, 7) is 8.52. The SMILES string of the molecule is C=C[C@@H]1C[C@]1(NC(=O)[C@@H]1CC(Oc2nccc3cc(OC)ccc23)CN1C(=O)[C@H](CC(=O)N1C[C@H]2C[C@@H]1C(=O)O2)NC(=O)OC(C)(C)C)C(=O)NS(=O)(=O)C1CC1. The Morgan fingerprint density at radius 2 is 1.86 bits per heavy atom. The molecule has 306 valence electrons. The summed E-state index contributed by atoms with van der Waals surface area (Å²) in [7, 11) is -2.43. The van der Waals surface area contributed by atoms with Gasteiger partial charge in [-0.3, -0.25) is 23.9 Å². The summed E-state index contributed by atoms with van der Waals surface area (Å²) in [6.07, 6.45) is 1.16. The summed E-state index contributed by atoms with van der Waals surface area (Å²) in [5.74, 6) is -3.50. The normalized spacial score (nSPS) is 26.9. The number of nitrogens with zero attached hydrogens (tertiary/aromatic N) is 3. The molecule has 1 aromatic carbocycles. The summed E-state index contributed by atoms with van der Waals surface area (Å²) < 4.78 is 49.9. The maximum atomic E-state index is 14.7. The van der Waals surface area contributed by atoms with E-state index in [1.165, 1.54) is 24.3 Å². The molecule has 19 heteroatoms. The van der Waals surface area contributed by atoms with Crippen molar-refractivity contribution < 1.29 is 56.1 Å². The van der Waals surface area contributed by atoms with Crippen molar-refractivity contribution in [1.82, 2.24) is 30.1 Å². The van der Waals surface area contributed by atoms with Crippen LogP contribution in [0.25, 0.3) is 10.8 Å². The number of amides is 5. The van der Waals surface area contributed by atoms with Gasteiger partial charge in [0.1, 0.15) is 47.2 Å². The predicted octanol–water partition coefficient (Wildman–Crippen LogP) is 1.07. The van der Waals surface area contributed by atoms with E-state index in [9.17, 15) is 37.2 Å². The number of ether oxygens (including phenoxy) is 4. The Labute approximate surface area is 329 Å². The number of fused-ring (bicyclic) bond motifs is 3. The minimum absolute atomic E-state index is 0.0655.